The minimum absolute atomic E-state index is 0.0250. The molecule has 0 atom stereocenters. The van der Waals surface area contributed by atoms with E-state index in [1.807, 2.05) is 18.2 Å². The van der Waals surface area contributed by atoms with Crippen LogP contribution in [0.4, 0.5) is 0 Å². The average Bonchev–Trinajstić information content (AvgIpc) is 2.86. The van der Waals surface area contributed by atoms with Gasteiger partial charge in [-0.15, -0.1) is 0 Å². The van der Waals surface area contributed by atoms with Crippen LogP contribution in [0.5, 0.6) is 5.75 Å². The van der Waals surface area contributed by atoms with Gasteiger partial charge in [-0.2, -0.15) is 0 Å². The Morgan fingerprint density at radius 1 is 0.889 bits per heavy atom. The highest BCUT2D eigenvalue weighted by molar-refractivity contribution is 7.90. The second-order valence-corrected chi connectivity index (χ2v) is 10.7. The third kappa shape index (κ3) is 9.30. The zero-order valence-electron chi connectivity index (χ0n) is 20.5. The number of hydrogen-bond donors (Lipinski definition) is 2. The lowest BCUT2D eigenvalue weighted by Crippen LogP contribution is -2.33. The highest BCUT2D eigenvalue weighted by Gasteiger charge is 2.18. The van der Waals surface area contributed by atoms with Crippen LogP contribution in [0.15, 0.2) is 77.7 Å². The molecule has 3 aromatic carbocycles. The van der Waals surface area contributed by atoms with Gasteiger partial charge in [0.1, 0.15) is 5.75 Å². The first-order valence-corrected chi connectivity index (χ1v) is 14.0. The summed E-state index contributed by atoms with van der Waals surface area (Å²) >= 11 is 5.99. The van der Waals surface area contributed by atoms with Crippen molar-refractivity contribution in [2.24, 2.45) is 0 Å². The van der Waals surface area contributed by atoms with Crippen LogP contribution < -0.4 is 14.8 Å². The quantitative estimate of drug-likeness (QED) is 0.285. The van der Waals surface area contributed by atoms with E-state index < -0.39 is 15.9 Å². The number of nitrogens with one attached hydrogen (secondary N) is 2. The monoisotopic (exact) mass is 528 g/mol. The molecule has 36 heavy (non-hydrogen) atoms. The summed E-state index contributed by atoms with van der Waals surface area (Å²) in [5, 5.41) is 3.53. The third-order valence-electron chi connectivity index (χ3n) is 5.69. The van der Waals surface area contributed by atoms with Crippen molar-refractivity contribution in [2.75, 3.05) is 19.7 Å². The predicted molar refractivity (Wildman–Crippen MR) is 144 cm³/mol. The summed E-state index contributed by atoms with van der Waals surface area (Å²) in [6, 6.07) is 22.9. The smallest absolute Gasteiger partial charge is 0.264 e. The van der Waals surface area contributed by atoms with Crippen molar-refractivity contribution in [3.8, 4) is 5.75 Å². The molecule has 0 aliphatic rings. The van der Waals surface area contributed by atoms with Gasteiger partial charge in [0.15, 0.2) is 0 Å². The van der Waals surface area contributed by atoms with Gasteiger partial charge in [-0.25, -0.2) is 13.1 Å². The molecule has 0 aliphatic carbocycles. The number of ether oxygens (including phenoxy) is 1. The van der Waals surface area contributed by atoms with Crippen molar-refractivity contribution in [1.29, 1.82) is 0 Å². The van der Waals surface area contributed by atoms with Crippen LogP contribution in [0.1, 0.15) is 36.0 Å². The van der Waals surface area contributed by atoms with Gasteiger partial charge in [0.05, 0.1) is 11.5 Å². The first-order valence-electron chi connectivity index (χ1n) is 12.1. The van der Waals surface area contributed by atoms with Crippen molar-refractivity contribution < 1.29 is 17.9 Å². The molecule has 192 valence electrons. The molecule has 0 saturated heterocycles. The van der Waals surface area contributed by atoms with E-state index in [1.165, 1.54) is 23.3 Å². The molecule has 0 aliphatic heterocycles. The Balaban J connectivity index is 1.27. The summed E-state index contributed by atoms with van der Waals surface area (Å²) in [4.78, 5) is 12.0. The summed E-state index contributed by atoms with van der Waals surface area (Å²) in [6.07, 6.45) is 3.84. The molecule has 0 heterocycles. The molecule has 3 aromatic rings. The second kappa shape index (κ2) is 14.0. The molecule has 0 bridgehead atoms. The third-order valence-corrected chi connectivity index (χ3v) is 7.47. The van der Waals surface area contributed by atoms with E-state index in [-0.39, 0.29) is 11.3 Å². The van der Waals surface area contributed by atoms with Gasteiger partial charge in [-0.1, -0.05) is 60.1 Å². The van der Waals surface area contributed by atoms with Crippen LogP contribution in [-0.4, -0.2) is 34.0 Å². The van der Waals surface area contributed by atoms with E-state index in [1.54, 1.807) is 13.0 Å². The number of aryl methyl sites for hydroxylation is 3. The fourth-order valence-corrected chi connectivity index (χ4v) is 4.89. The summed E-state index contributed by atoms with van der Waals surface area (Å²) in [7, 11) is -3.93. The number of carbonyl (C=O) groups is 1. The lowest BCUT2D eigenvalue weighted by molar-refractivity contribution is -0.119. The molecule has 8 heteroatoms. The Hall–Kier alpha value is -2.87. The van der Waals surface area contributed by atoms with Gasteiger partial charge in [-0.05, 0) is 80.1 Å². The number of halogens is 1. The van der Waals surface area contributed by atoms with Crippen molar-refractivity contribution >= 4 is 27.5 Å². The Bertz CT molecular complexity index is 1220. The van der Waals surface area contributed by atoms with Gasteiger partial charge in [0.2, 0.25) is 5.91 Å². The highest BCUT2D eigenvalue weighted by atomic mass is 35.5. The lowest BCUT2D eigenvalue weighted by atomic mass is 10.1. The topological polar surface area (TPSA) is 84.5 Å². The van der Waals surface area contributed by atoms with Crippen molar-refractivity contribution in [2.45, 2.75) is 43.9 Å². The molecule has 0 aromatic heterocycles. The highest BCUT2D eigenvalue weighted by Crippen LogP contribution is 2.20. The van der Waals surface area contributed by atoms with Crippen LogP contribution in [0, 0.1) is 6.92 Å². The standard InChI is InChI=1S/C28H33ClN2O4S/c1-22-11-16-26(21-27(22)29)36(33,34)31-28(32)17-19-30-18-5-9-24-12-14-25(15-13-24)35-20-6-10-23-7-3-2-4-8-23/h2-4,7-8,11-16,21,30H,5-6,9-10,17-20H2,1H3,(H,31,32). The summed E-state index contributed by atoms with van der Waals surface area (Å²) in [5.41, 5.74) is 3.31. The zero-order valence-corrected chi connectivity index (χ0v) is 22.1. The largest absolute Gasteiger partial charge is 0.494 e. The molecule has 0 unspecified atom stereocenters. The minimum atomic E-state index is -3.93. The number of rotatable bonds is 14. The molecule has 0 radical (unpaired) electrons. The molecular weight excluding hydrogens is 496 g/mol. The number of hydrogen-bond acceptors (Lipinski definition) is 5. The zero-order chi connectivity index (χ0) is 25.8. The Kier molecular flexibility index (Phi) is 10.8. The summed E-state index contributed by atoms with van der Waals surface area (Å²) < 4.78 is 32.6. The van der Waals surface area contributed by atoms with Gasteiger partial charge in [-0.3, -0.25) is 4.79 Å². The Morgan fingerprint density at radius 2 is 1.58 bits per heavy atom. The Morgan fingerprint density at radius 3 is 2.31 bits per heavy atom. The molecule has 0 fully saturated rings. The maximum Gasteiger partial charge on any atom is 0.264 e. The number of sulfonamides is 1. The molecule has 1 amide bonds. The summed E-state index contributed by atoms with van der Waals surface area (Å²) in [5.74, 6) is 0.317. The SMILES string of the molecule is Cc1ccc(S(=O)(=O)NC(=O)CCNCCCc2ccc(OCCCc3ccccc3)cc2)cc1Cl. The van der Waals surface area contributed by atoms with E-state index in [0.717, 1.165) is 43.5 Å². The van der Waals surface area contributed by atoms with Crippen LogP contribution in [0.3, 0.4) is 0 Å². The molecule has 2 N–H and O–H groups in total. The van der Waals surface area contributed by atoms with Crippen molar-refractivity contribution in [3.63, 3.8) is 0 Å². The van der Waals surface area contributed by atoms with Crippen molar-refractivity contribution in [1.82, 2.24) is 10.0 Å². The lowest BCUT2D eigenvalue weighted by Gasteiger charge is -2.09. The number of carbonyl (C=O) groups excluding carboxylic acids is 1. The average molecular weight is 529 g/mol. The molecule has 0 spiro atoms. The molecule has 0 saturated carbocycles. The van der Waals surface area contributed by atoms with Gasteiger partial charge < -0.3 is 10.1 Å². The maximum atomic E-state index is 12.3. The van der Waals surface area contributed by atoms with Gasteiger partial charge >= 0.3 is 0 Å². The van der Waals surface area contributed by atoms with E-state index in [4.69, 9.17) is 16.3 Å². The minimum Gasteiger partial charge on any atom is -0.494 e. The summed E-state index contributed by atoms with van der Waals surface area (Å²) in [6.45, 7) is 3.59. The van der Waals surface area contributed by atoms with Crippen LogP contribution in [0.2, 0.25) is 5.02 Å². The van der Waals surface area contributed by atoms with E-state index in [2.05, 4.69) is 46.4 Å². The first-order chi connectivity index (χ1) is 17.3. The molecular formula is C28H33ClN2O4S. The Labute approximate surface area is 219 Å². The molecule has 6 nitrogen and oxygen atoms in total. The number of benzene rings is 3. The molecule has 3 rings (SSSR count). The predicted octanol–water partition coefficient (Wildman–Crippen LogP) is 5.08. The van der Waals surface area contributed by atoms with Crippen LogP contribution in [-0.2, 0) is 27.7 Å². The van der Waals surface area contributed by atoms with Crippen molar-refractivity contribution in [3.05, 3.63) is 94.5 Å². The van der Waals surface area contributed by atoms with E-state index in [9.17, 15) is 13.2 Å². The maximum absolute atomic E-state index is 12.3. The first kappa shape index (κ1) is 27.7. The van der Waals surface area contributed by atoms with Crippen LogP contribution >= 0.6 is 11.6 Å². The van der Waals surface area contributed by atoms with Gasteiger partial charge in [0, 0.05) is 18.0 Å². The second-order valence-electron chi connectivity index (χ2n) is 8.62. The van der Waals surface area contributed by atoms with E-state index >= 15 is 0 Å². The fourth-order valence-electron chi connectivity index (χ4n) is 3.61. The number of amides is 1. The normalized spacial score (nSPS) is 11.3. The van der Waals surface area contributed by atoms with E-state index in [0.29, 0.717) is 18.2 Å². The van der Waals surface area contributed by atoms with Gasteiger partial charge in [0.25, 0.3) is 10.0 Å². The van der Waals surface area contributed by atoms with Crippen LogP contribution in [0.25, 0.3) is 0 Å². The fraction of sp³-hybridized carbons (Fsp3) is 0.321.